The molecule has 0 saturated carbocycles. The summed E-state index contributed by atoms with van der Waals surface area (Å²) in [5, 5.41) is 3.39. The minimum absolute atomic E-state index is 0.0653. The lowest BCUT2D eigenvalue weighted by molar-refractivity contribution is -0.139. The number of amides is 2. The Labute approximate surface area is 213 Å². The molecule has 2 aromatic rings. The van der Waals surface area contributed by atoms with Crippen LogP contribution in [0.5, 0.6) is 5.75 Å². The van der Waals surface area contributed by atoms with Crippen LogP contribution >= 0.6 is 11.6 Å². The van der Waals surface area contributed by atoms with E-state index in [2.05, 4.69) is 5.32 Å². The average molecular weight is 524 g/mol. The van der Waals surface area contributed by atoms with Gasteiger partial charge < -0.3 is 15.0 Å². The van der Waals surface area contributed by atoms with E-state index in [0.717, 1.165) is 22.5 Å². The molecule has 2 rings (SSSR count). The number of benzene rings is 2. The van der Waals surface area contributed by atoms with E-state index in [9.17, 15) is 18.0 Å². The summed E-state index contributed by atoms with van der Waals surface area (Å²) >= 11 is 6.12. The number of nitrogens with zero attached hydrogens (tertiary/aromatic N) is 2. The van der Waals surface area contributed by atoms with Gasteiger partial charge in [0.05, 0.1) is 18.6 Å². The highest BCUT2D eigenvalue weighted by atomic mass is 35.5. The molecule has 0 aliphatic carbocycles. The molecule has 2 amide bonds. The number of halogens is 1. The van der Waals surface area contributed by atoms with Crippen molar-refractivity contribution < 1.29 is 22.7 Å². The van der Waals surface area contributed by atoms with Crippen molar-refractivity contribution in [3.8, 4) is 5.75 Å². The Morgan fingerprint density at radius 1 is 1.09 bits per heavy atom. The van der Waals surface area contributed by atoms with Crippen LogP contribution in [0.2, 0.25) is 5.02 Å². The minimum Gasteiger partial charge on any atom is -0.494 e. The largest absolute Gasteiger partial charge is 0.494 e. The molecule has 35 heavy (non-hydrogen) atoms. The number of rotatable bonds is 12. The Balaban J connectivity index is 2.36. The number of hydrogen-bond donors (Lipinski definition) is 1. The highest BCUT2D eigenvalue weighted by Crippen LogP contribution is 2.23. The highest BCUT2D eigenvalue weighted by molar-refractivity contribution is 7.92. The normalized spacial score (nSPS) is 13.0. The van der Waals surface area contributed by atoms with E-state index < -0.39 is 28.5 Å². The third kappa shape index (κ3) is 8.43. The van der Waals surface area contributed by atoms with E-state index in [4.69, 9.17) is 16.3 Å². The van der Waals surface area contributed by atoms with Crippen molar-refractivity contribution in [2.75, 3.05) is 23.7 Å². The van der Waals surface area contributed by atoms with Crippen molar-refractivity contribution in [2.24, 2.45) is 0 Å². The molecule has 0 fully saturated rings. The van der Waals surface area contributed by atoms with Gasteiger partial charge in [0.15, 0.2) is 0 Å². The van der Waals surface area contributed by atoms with Gasteiger partial charge in [0.2, 0.25) is 21.8 Å². The molecule has 1 N–H and O–H groups in total. The maximum atomic E-state index is 13.5. The summed E-state index contributed by atoms with van der Waals surface area (Å²) in [6.45, 7) is 7.41. The van der Waals surface area contributed by atoms with Crippen LogP contribution in [-0.2, 0) is 26.2 Å². The molecule has 0 radical (unpaired) electrons. The molecular formula is C25H34ClN3O5S. The molecule has 0 aromatic heterocycles. The van der Waals surface area contributed by atoms with Crippen LogP contribution in [-0.4, -0.2) is 56.6 Å². The van der Waals surface area contributed by atoms with Crippen molar-refractivity contribution in [3.63, 3.8) is 0 Å². The first kappa shape index (κ1) is 28.5. The van der Waals surface area contributed by atoms with Crippen molar-refractivity contribution >= 4 is 39.1 Å². The lowest BCUT2D eigenvalue weighted by atomic mass is 10.1. The summed E-state index contributed by atoms with van der Waals surface area (Å²) < 4.78 is 31.7. The standard InChI is InChI=1S/C25H34ClN3O5S/c1-6-18(3)27-25(31)19(4)28(16-20-9-8-10-21(26)15-20)24(30)17-29(35(5,32)33)22-11-13-23(14-12-22)34-7-2/h8-15,18-19H,6-7,16-17H2,1-5H3,(H,27,31)/t18-,19-/m0/s1. The van der Waals surface area contributed by atoms with Gasteiger partial charge in [-0.05, 0) is 69.2 Å². The van der Waals surface area contributed by atoms with Gasteiger partial charge in [-0.2, -0.15) is 0 Å². The fourth-order valence-electron chi connectivity index (χ4n) is 3.37. The van der Waals surface area contributed by atoms with E-state index in [0.29, 0.717) is 23.1 Å². The smallest absolute Gasteiger partial charge is 0.244 e. The van der Waals surface area contributed by atoms with Gasteiger partial charge in [0, 0.05) is 17.6 Å². The first-order chi connectivity index (χ1) is 16.5. The Morgan fingerprint density at radius 2 is 1.74 bits per heavy atom. The lowest BCUT2D eigenvalue weighted by Gasteiger charge is -2.32. The number of ether oxygens (including phenoxy) is 1. The molecule has 10 heteroatoms. The molecule has 2 aromatic carbocycles. The topological polar surface area (TPSA) is 96.0 Å². The SMILES string of the molecule is CCOc1ccc(N(CC(=O)N(Cc2cccc(Cl)c2)[C@@H](C)C(=O)N[C@@H](C)CC)S(C)(=O)=O)cc1. The van der Waals surface area contributed by atoms with E-state index in [-0.39, 0.29) is 18.5 Å². The number of carbonyl (C=O) groups is 2. The summed E-state index contributed by atoms with van der Waals surface area (Å²) in [6, 6.07) is 12.5. The number of nitrogens with one attached hydrogen (secondary N) is 1. The number of anilines is 1. The summed E-state index contributed by atoms with van der Waals surface area (Å²) in [7, 11) is -3.80. The second-order valence-corrected chi connectivity index (χ2v) is 10.7. The van der Waals surface area contributed by atoms with Crippen LogP contribution in [0, 0.1) is 0 Å². The van der Waals surface area contributed by atoms with Gasteiger partial charge >= 0.3 is 0 Å². The van der Waals surface area contributed by atoms with E-state index in [1.807, 2.05) is 20.8 Å². The van der Waals surface area contributed by atoms with Crippen LogP contribution in [0.4, 0.5) is 5.69 Å². The zero-order chi connectivity index (χ0) is 26.2. The Bertz CT molecular complexity index is 1110. The Kier molecular flexibility index (Phi) is 10.4. The van der Waals surface area contributed by atoms with Gasteiger partial charge in [-0.3, -0.25) is 13.9 Å². The summed E-state index contributed by atoms with van der Waals surface area (Å²) in [5.41, 5.74) is 1.05. The second kappa shape index (κ2) is 12.8. The molecule has 0 bridgehead atoms. The predicted molar refractivity (Wildman–Crippen MR) is 139 cm³/mol. The van der Waals surface area contributed by atoms with Crippen molar-refractivity contribution in [1.82, 2.24) is 10.2 Å². The molecule has 0 aliphatic rings. The third-order valence-electron chi connectivity index (χ3n) is 5.53. The minimum atomic E-state index is -3.80. The molecule has 0 heterocycles. The van der Waals surface area contributed by atoms with Crippen molar-refractivity contribution in [2.45, 2.75) is 52.7 Å². The van der Waals surface area contributed by atoms with Crippen LogP contribution < -0.4 is 14.4 Å². The Hall–Kier alpha value is -2.78. The second-order valence-electron chi connectivity index (χ2n) is 8.34. The summed E-state index contributed by atoms with van der Waals surface area (Å²) in [6.07, 6.45) is 1.78. The molecule has 0 spiro atoms. The first-order valence-electron chi connectivity index (χ1n) is 11.5. The van der Waals surface area contributed by atoms with Crippen LogP contribution in [0.15, 0.2) is 48.5 Å². The fourth-order valence-corrected chi connectivity index (χ4v) is 4.43. The Morgan fingerprint density at radius 3 is 2.29 bits per heavy atom. The van der Waals surface area contributed by atoms with Crippen molar-refractivity contribution in [1.29, 1.82) is 0 Å². The predicted octanol–water partition coefficient (Wildman–Crippen LogP) is 3.84. The van der Waals surface area contributed by atoms with Crippen LogP contribution in [0.25, 0.3) is 0 Å². The fraction of sp³-hybridized carbons (Fsp3) is 0.440. The molecule has 0 aliphatic heterocycles. The highest BCUT2D eigenvalue weighted by Gasteiger charge is 2.30. The number of hydrogen-bond acceptors (Lipinski definition) is 5. The monoisotopic (exact) mass is 523 g/mol. The van der Waals surface area contributed by atoms with Gasteiger partial charge in [-0.15, -0.1) is 0 Å². The van der Waals surface area contributed by atoms with Crippen LogP contribution in [0.1, 0.15) is 39.7 Å². The molecule has 2 atom stereocenters. The summed E-state index contributed by atoms with van der Waals surface area (Å²) in [5.74, 6) is -0.244. The first-order valence-corrected chi connectivity index (χ1v) is 13.7. The number of sulfonamides is 1. The molecule has 0 unspecified atom stereocenters. The quantitative estimate of drug-likeness (QED) is 0.456. The average Bonchev–Trinajstić information content (AvgIpc) is 2.80. The molecule has 8 nitrogen and oxygen atoms in total. The molecule has 192 valence electrons. The van der Waals surface area contributed by atoms with E-state index >= 15 is 0 Å². The van der Waals surface area contributed by atoms with Gasteiger partial charge in [0.1, 0.15) is 18.3 Å². The maximum Gasteiger partial charge on any atom is 0.244 e. The van der Waals surface area contributed by atoms with Crippen LogP contribution in [0.3, 0.4) is 0 Å². The zero-order valence-electron chi connectivity index (χ0n) is 20.8. The van der Waals surface area contributed by atoms with E-state index in [1.54, 1.807) is 55.5 Å². The third-order valence-corrected chi connectivity index (χ3v) is 6.90. The lowest BCUT2D eigenvalue weighted by Crippen LogP contribution is -2.52. The zero-order valence-corrected chi connectivity index (χ0v) is 22.4. The van der Waals surface area contributed by atoms with Gasteiger partial charge in [-0.1, -0.05) is 30.7 Å². The van der Waals surface area contributed by atoms with Gasteiger partial charge in [-0.25, -0.2) is 8.42 Å². The van der Waals surface area contributed by atoms with Crippen molar-refractivity contribution in [3.05, 3.63) is 59.1 Å². The molecule has 0 saturated heterocycles. The van der Waals surface area contributed by atoms with E-state index in [1.165, 1.54) is 4.90 Å². The molecular weight excluding hydrogens is 490 g/mol. The number of carbonyl (C=O) groups excluding carboxylic acids is 2. The summed E-state index contributed by atoms with van der Waals surface area (Å²) in [4.78, 5) is 27.8. The maximum absolute atomic E-state index is 13.5. The van der Waals surface area contributed by atoms with Gasteiger partial charge in [0.25, 0.3) is 0 Å².